The molecule has 1 heterocycles. The molecule has 3 aromatic carbocycles. The van der Waals surface area contributed by atoms with Crippen LogP contribution in [0.5, 0.6) is 5.75 Å². The molecule has 0 aromatic heterocycles. The summed E-state index contributed by atoms with van der Waals surface area (Å²) < 4.78 is 10.7. The van der Waals surface area contributed by atoms with Gasteiger partial charge in [-0.2, -0.15) is 0 Å². The quantitative estimate of drug-likeness (QED) is 0.306. The number of non-ortho nitro benzene ring substituents is 1. The second-order valence-electron chi connectivity index (χ2n) is 7.68. The molecule has 0 fully saturated rings. The van der Waals surface area contributed by atoms with E-state index >= 15 is 0 Å². The third kappa shape index (κ3) is 5.64. The largest absolute Gasteiger partial charge is 0.467 e. The monoisotopic (exact) mass is 444 g/mol. The molecule has 0 radical (unpaired) electrons. The number of rotatable bonds is 8. The predicted molar refractivity (Wildman–Crippen MR) is 125 cm³/mol. The zero-order chi connectivity index (χ0) is 23.0. The van der Waals surface area contributed by atoms with E-state index < -0.39 is 4.92 Å². The van der Waals surface area contributed by atoms with Gasteiger partial charge in [0.25, 0.3) is 5.69 Å². The van der Waals surface area contributed by atoms with Gasteiger partial charge in [0, 0.05) is 41.8 Å². The van der Waals surface area contributed by atoms with Crippen LogP contribution in [0.1, 0.15) is 34.6 Å². The fourth-order valence-electron chi connectivity index (χ4n) is 3.92. The normalized spacial score (nSPS) is 12.9. The van der Waals surface area contributed by atoms with E-state index in [2.05, 4.69) is 29.6 Å². The van der Waals surface area contributed by atoms with E-state index in [0.29, 0.717) is 23.4 Å². The van der Waals surface area contributed by atoms with Gasteiger partial charge in [-0.05, 0) is 23.6 Å². The zero-order valence-corrected chi connectivity index (χ0v) is 18.0. The lowest BCUT2D eigenvalue weighted by molar-refractivity contribution is -0.385. The predicted octanol–water partition coefficient (Wildman–Crippen LogP) is 4.81. The van der Waals surface area contributed by atoms with Crippen LogP contribution in [0.3, 0.4) is 0 Å². The van der Waals surface area contributed by atoms with E-state index in [1.54, 1.807) is 6.08 Å². The average molecular weight is 444 g/mol. The molecule has 1 amide bonds. The molecule has 0 saturated carbocycles. The van der Waals surface area contributed by atoms with Crippen LogP contribution in [0.25, 0.3) is 6.08 Å². The third-order valence-corrected chi connectivity index (χ3v) is 5.48. The van der Waals surface area contributed by atoms with Gasteiger partial charge in [-0.3, -0.25) is 14.9 Å². The molecule has 0 spiro atoms. The van der Waals surface area contributed by atoms with Gasteiger partial charge in [-0.1, -0.05) is 60.7 Å². The standard InChI is InChI=1S/C26H24N2O5/c29-25(12-11-21-15-23(28(30)31)16-22-17-32-18-33-26(21)22)27-14-13-24(19-7-3-1-4-8-19)20-9-5-2-6-10-20/h1-12,15-16,24H,13-14,17-18H2,(H,27,29)/b12-11+. The summed E-state index contributed by atoms with van der Waals surface area (Å²) in [5, 5.41) is 14.2. The summed E-state index contributed by atoms with van der Waals surface area (Å²) in [5.41, 5.74) is 3.37. The molecule has 0 unspecified atom stereocenters. The Labute approximate surface area is 191 Å². The van der Waals surface area contributed by atoms with E-state index in [1.165, 1.54) is 29.3 Å². The summed E-state index contributed by atoms with van der Waals surface area (Å²) in [5.74, 6) is 0.389. The van der Waals surface area contributed by atoms with Gasteiger partial charge in [-0.25, -0.2) is 0 Å². The third-order valence-electron chi connectivity index (χ3n) is 5.48. The van der Waals surface area contributed by atoms with Crippen LogP contribution < -0.4 is 10.1 Å². The number of hydrogen-bond donors (Lipinski definition) is 1. The number of amides is 1. The van der Waals surface area contributed by atoms with Crippen LogP contribution in [0.2, 0.25) is 0 Å². The lowest BCUT2D eigenvalue weighted by atomic mass is 9.88. The molecule has 3 aromatic rings. The molecule has 0 atom stereocenters. The Bertz CT molecular complexity index is 1110. The van der Waals surface area contributed by atoms with Crippen molar-refractivity contribution in [3.05, 3.63) is 111 Å². The second kappa shape index (κ2) is 10.6. The number of ether oxygens (including phenoxy) is 2. The summed E-state index contributed by atoms with van der Waals surface area (Å²) >= 11 is 0. The number of nitro groups is 1. The highest BCUT2D eigenvalue weighted by Crippen LogP contribution is 2.33. The molecule has 0 bridgehead atoms. The van der Waals surface area contributed by atoms with Gasteiger partial charge >= 0.3 is 0 Å². The lowest BCUT2D eigenvalue weighted by Crippen LogP contribution is -2.24. The van der Waals surface area contributed by atoms with Crippen molar-refractivity contribution in [2.75, 3.05) is 13.3 Å². The Kier molecular flexibility index (Phi) is 7.12. The maximum atomic E-state index is 12.5. The fourth-order valence-corrected chi connectivity index (χ4v) is 3.92. The highest BCUT2D eigenvalue weighted by atomic mass is 16.7. The van der Waals surface area contributed by atoms with Crippen molar-refractivity contribution >= 4 is 17.7 Å². The van der Waals surface area contributed by atoms with Crippen molar-refractivity contribution in [3.8, 4) is 5.75 Å². The molecule has 1 aliphatic rings. The van der Waals surface area contributed by atoms with Crippen LogP contribution in [0, 0.1) is 10.1 Å². The van der Waals surface area contributed by atoms with Crippen molar-refractivity contribution in [1.82, 2.24) is 5.32 Å². The van der Waals surface area contributed by atoms with Gasteiger partial charge in [0.1, 0.15) is 5.75 Å². The minimum atomic E-state index is -0.473. The molecular formula is C26H24N2O5. The maximum absolute atomic E-state index is 12.5. The number of hydrogen-bond acceptors (Lipinski definition) is 5. The Morgan fingerprint density at radius 1 is 1.06 bits per heavy atom. The summed E-state index contributed by atoms with van der Waals surface area (Å²) in [4.78, 5) is 23.2. The number of nitro benzene ring substituents is 1. The highest BCUT2D eigenvalue weighted by molar-refractivity contribution is 5.92. The minimum absolute atomic E-state index is 0.0677. The van der Waals surface area contributed by atoms with E-state index in [9.17, 15) is 14.9 Å². The van der Waals surface area contributed by atoms with E-state index in [4.69, 9.17) is 9.47 Å². The van der Waals surface area contributed by atoms with Gasteiger partial charge in [-0.15, -0.1) is 0 Å². The van der Waals surface area contributed by atoms with E-state index in [1.807, 2.05) is 36.4 Å². The van der Waals surface area contributed by atoms with Gasteiger partial charge in [0.2, 0.25) is 5.91 Å². The Morgan fingerprint density at radius 3 is 2.36 bits per heavy atom. The number of nitrogens with zero attached hydrogens (tertiary/aromatic N) is 1. The lowest BCUT2D eigenvalue weighted by Gasteiger charge is -2.19. The molecule has 0 aliphatic carbocycles. The Morgan fingerprint density at radius 2 is 1.73 bits per heavy atom. The van der Waals surface area contributed by atoms with Crippen molar-refractivity contribution in [2.24, 2.45) is 0 Å². The molecule has 168 valence electrons. The summed E-state index contributed by atoms with van der Waals surface area (Å²) in [6.07, 6.45) is 3.65. The Hall–Kier alpha value is -3.97. The fraction of sp³-hybridized carbons (Fsp3) is 0.192. The molecule has 4 rings (SSSR count). The van der Waals surface area contributed by atoms with Crippen LogP contribution in [-0.4, -0.2) is 24.2 Å². The summed E-state index contributed by atoms with van der Waals surface area (Å²) in [7, 11) is 0. The first kappa shape index (κ1) is 22.2. The van der Waals surface area contributed by atoms with Crippen LogP contribution in [0.4, 0.5) is 5.69 Å². The summed E-state index contributed by atoms with van der Waals surface area (Å²) in [6.45, 7) is 0.775. The minimum Gasteiger partial charge on any atom is -0.467 e. The number of fused-ring (bicyclic) bond motifs is 1. The first-order valence-corrected chi connectivity index (χ1v) is 10.7. The average Bonchev–Trinajstić information content (AvgIpc) is 2.86. The van der Waals surface area contributed by atoms with E-state index in [-0.39, 0.29) is 30.9 Å². The van der Waals surface area contributed by atoms with E-state index in [0.717, 1.165) is 6.42 Å². The molecule has 0 saturated heterocycles. The van der Waals surface area contributed by atoms with Crippen molar-refractivity contribution in [3.63, 3.8) is 0 Å². The SMILES string of the molecule is O=C(/C=C/c1cc([N+](=O)[O-])cc2c1OCOC2)NCCC(c1ccccc1)c1ccccc1. The first-order valence-electron chi connectivity index (χ1n) is 10.7. The van der Waals surface area contributed by atoms with Gasteiger partial charge in [0.05, 0.1) is 11.5 Å². The smallest absolute Gasteiger partial charge is 0.270 e. The maximum Gasteiger partial charge on any atom is 0.270 e. The zero-order valence-electron chi connectivity index (χ0n) is 18.0. The number of carbonyl (C=O) groups is 1. The first-order chi connectivity index (χ1) is 16.1. The molecule has 1 N–H and O–H groups in total. The van der Waals surface area contributed by atoms with Crippen molar-refractivity contribution in [2.45, 2.75) is 18.9 Å². The number of benzene rings is 3. The molecule has 33 heavy (non-hydrogen) atoms. The second-order valence-corrected chi connectivity index (χ2v) is 7.68. The molecule has 7 nitrogen and oxygen atoms in total. The number of carbonyl (C=O) groups excluding carboxylic acids is 1. The Balaban J connectivity index is 1.43. The van der Waals surface area contributed by atoms with Crippen LogP contribution >= 0.6 is 0 Å². The number of nitrogens with one attached hydrogen (secondary N) is 1. The van der Waals surface area contributed by atoms with Gasteiger partial charge in [0.15, 0.2) is 6.79 Å². The van der Waals surface area contributed by atoms with Crippen molar-refractivity contribution in [1.29, 1.82) is 0 Å². The molecular weight excluding hydrogens is 420 g/mol. The topological polar surface area (TPSA) is 90.7 Å². The van der Waals surface area contributed by atoms with Crippen molar-refractivity contribution < 1.29 is 19.2 Å². The summed E-state index contributed by atoms with van der Waals surface area (Å²) in [6, 6.07) is 23.2. The highest BCUT2D eigenvalue weighted by Gasteiger charge is 2.20. The van der Waals surface area contributed by atoms with Crippen LogP contribution in [-0.2, 0) is 16.1 Å². The van der Waals surface area contributed by atoms with Gasteiger partial charge < -0.3 is 14.8 Å². The van der Waals surface area contributed by atoms with Crippen LogP contribution in [0.15, 0.2) is 78.9 Å². The molecule has 7 heteroatoms. The molecule has 1 aliphatic heterocycles.